The lowest BCUT2D eigenvalue weighted by molar-refractivity contribution is 0.378. The van der Waals surface area contributed by atoms with E-state index in [4.69, 9.17) is 21.4 Å². The standard InChI is InChI=1S/C27H22ClN3O/c1-19-25-23(18-24(28)29-19)31(30-26(25)32-2)27(20-12-6-3-7-13-20,21-14-8-4-9-15-21)22-16-10-5-11-17-22/h3-18H,1-2H3. The maximum Gasteiger partial charge on any atom is 0.242 e. The zero-order valence-corrected chi connectivity index (χ0v) is 18.6. The number of ether oxygens (including phenoxy) is 1. The van der Waals surface area contributed by atoms with Crippen molar-refractivity contribution in [2.24, 2.45) is 0 Å². The van der Waals surface area contributed by atoms with Crippen molar-refractivity contribution in [3.8, 4) is 5.88 Å². The Bertz CT molecular complexity index is 1270. The molecular formula is C27H22ClN3O. The molecular weight excluding hydrogens is 418 g/mol. The van der Waals surface area contributed by atoms with Crippen LogP contribution in [0.15, 0.2) is 97.1 Å². The molecule has 2 heterocycles. The molecule has 32 heavy (non-hydrogen) atoms. The highest BCUT2D eigenvalue weighted by Gasteiger charge is 2.41. The SMILES string of the molecule is COc1nn(C(c2ccccc2)(c2ccccc2)c2ccccc2)c2cc(Cl)nc(C)c12. The van der Waals surface area contributed by atoms with E-state index in [2.05, 4.69) is 77.8 Å². The van der Waals surface area contributed by atoms with Gasteiger partial charge in [0.25, 0.3) is 0 Å². The normalized spacial score (nSPS) is 11.6. The molecule has 0 atom stereocenters. The number of hydrogen-bond donors (Lipinski definition) is 0. The number of nitrogens with zero attached hydrogens (tertiary/aromatic N) is 3. The molecule has 0 saturated heterocycles. The minimum Gasteiger partial charge on any atom is -0.479 e. The van der Waals surface area contributed by atoms with Crippen molar-refractivity contribution in [3.63, 3.8) is 0 Å². The van der Waals surface area contributed by atoms with Crippen LogP contribution in [0.4, 0.5) is 0 Å². The van der Waals surface area contributed by atoms with Gasteiger partial charge in [-0.1, -0.05) is 103 Å². The van der Waals surface area contributed by atoms with Gasteiger partial charge in [0.1, 0.15) is 10.7 Å². The molecule has 0 radical (unpaired) electrons. The number of pyridine rings is 1. The lowest BCUT2D eigenvalue weighted by Gasteiger charge is -2.36. The molecule has 0 saturated carbocycles. The molecule has 0 aliphatic carbocycles. The van der Waals surface area contributed by atoms with Crippen molar-refractivity contribution < 1.29 is 4.74 Å². The Morgan fingerprint density at radius 1 is 0.781 bits per heavy atom. The second-order valence-corrected chi connectivity index (χ2v) is 8.04. The van der Waals surface area contributed by atoms with E-state index in [0.717, 1.165) is 33.3 Å². The Kier molecular flexibility index (Phi) is 5.16. The van der Waals surface area contributed by atoms with Crippen molar-refractivity contribution in [3.05, 3.63) is 125 Å². The van der Waals surface area contributed by atoms with E-state index in [1.807, 2.05) is 35.9 Å². The molecule has 0 bridgehead atoms. The molecule has 5 aromatic rings. The van der Waals surface area contributed by atoms with Crippen LogP contribution in [-0.4, -0.2) is 21.9 Å². The van der Waals surface area contributed by atoms with Gasteiger partial charge < -0.3 is 4.74 Å². The Morgan fingerprint density at radius 2 is 1.25 bits per heavy atom. The maximum absolute atomic E-state index is 6.44. The number of methoxy groups -OCH3 is 1. The van der Waals surface area contributed by atoms with Crippen LogP contribution in [0, 0.1) is 6.92 Å². The zero-order chi connectivity index (χ0) is 22.1. The highest BCUT2D eigenvalue weighted by molar-refractivity contribution is 6.30. The van der Waals surface area contributed by atoms with Gasteiger partial charge >= 0.3 is 0 Å². The third kappa shape index (κ3) is 3.07. The lowest BCUT2D eigenvalue weighted by Crippen LogP contribution is -2.38. The summed E-state index contributed by atoms with van der Waals surface area (Å²) in [6.07, 6.45) is 0. The Hall–Kier alpha value is -3.63. The summed E-state index contributed by atoms with van der Waals surface area (Å²) in [7, 11) is 1.63. The molecule has 0 N–H and O–H groups in total. The first-order valence-corrected chi connectivity index (χ1v) is 10.8. The fraction of sp³-hybridized carbons (Fsp3) is 0.111. The van der Waals surface area contributed by atoms with Crippen molar-refractivity contribution in [1.82, 2.24) is 14.8 Å². The molecule has 2 aromatic heterocycles. The minimum absolute atomic E-state index is 0.418. The molecule has 5 heteroatoms. The predicted molar refractivity (Wildman–Crippen MR) is 128 cm³/mol. The highest BCUT2D eigenvalue weighted by atomic mass is 35.5. The molecule has 3 aromatic carbocycles. The van der Waals surface area contributed by atoms with Gasteiger partial charge in [0, 0.05) is 6.07 Å². The second kappa shape index (κ2) is 8.13. The molecule has 0 unspecified atom stereocenters. The summed E-state index contributed by atoms with van der Waals surface area (Å²) in [5.41, 5.74) is 4.12. The second-order valence-electron chi connectivity index (χ2n) is 7.65. The number of aromatic nitrogens is 3. The van der Waals surface area contributed by atoms with E-state index in [0.29, 0.717) is 11.0 Å². The van der Waals surface area contributed by atoms with E-state index in [1.165, 1.54) is 0 Å². The van der Waals surface area contributed by atoms with Crippen LogP contribution in [0.1, 0.15) is 22.4 Å². The quantitative estimate of drug-likeness (QED) is 0.240. The van der Waals surface area contributed by atoms with Gasteiger partial charge in [-0.25, -0.2) is 9.67 Å². The Morgan fingerprint density at radius 3 is 1.69 bits per heavy atom. The molecule has 0 aliphatic heterocycles. The highest BCUT2D eigenvalue weighted by Crippen LogP contribution is 2.44. The minimum atomic E-state index is -0.754. The van der Waals surface area contributed by atoms with E-state index < -0.39 is 5.54 Å². The number of aryl methyl sites for hydroxylation is 1. The fourth-order valence-corrected chi connectivity index (χ4v) is 4.78. The van der Waals surface area contributed by atoms with Crippen LogP contribution in [0.25, 0.3) is 10.9 Å². The van der Waals surface area contributed by atoms with Crippen LogP contribution in [0.3, 0.4) is 0 Å². The first-order chi connectivity index (χ1) is 15.7. The van der Waals surface area contributed by atoms with E-state index in [-0.39, 0.29) is 0 Å². The summed E-state index contributed by atoms with van der Waals surface area (Å²) in [4.78, 5) is 4.46. The number of hydrogen-bond acceptors (Lipinski definition) is 3. The monoisotopic (exact) mass is 439 g/mol. The Balaban J connectivity index is 2.01. The number of fused-ring (bicyclic) bond motifs is 1. The predicted octanol–water partition coefficient (Wildman–Crippen LogP) is 6.24. The molecule has 0 amide bonds. The fourth-order valence-electron chi connectivity index (χ4n) is 4.55. The number of benzene rings is 3. The smallest absolute Gasteiger partial charge is 0.242 e. The van der Waals surface area contributed by atoms with Gasteiger partial charge in [-0.3, -0.25) is 0 Å². The summed E-state index contributed by atoms with van der Waals surface area (Å²) in [6, 6.07) is 33.1. The Labute approximate surface area is 192 Å². The van der Waals surface area contributed by atoms with E-state index in [1.54, 1.807) is 7.11 Å². The van der Waals surface area contributed by atoms with E-state index >= 15 is 0 Å². The number of halogens is 1. The zero-order valence-electron chi connectivity index (χ0n) is 17.9. The van der Waals surface area contributed by atoms with Gasteiger partial charge in [-0.2, -0.15) is 0 Å². The van der Waals surface area contributed by atoms with Crippen LogP contribution in [-0.2, 0) is 5.54 Å². The molecule has 158 valence electrons. The first-order valence-electron chi connectivity index (χ1n) is 10.4. The first kappa shape index (κ1) is 20.3. The van der Waals surface area contributed by atoms with Crippen LogP contribution in [0.5, 0.6) is 5.88 Å². The molecule has 0 spiro atoms. The maximum atomic E-state index is 6.44. The van der Waals surface area contributed by atoms with Crippen molar-refractivity contribution in [1.29, 1.82) is 0 Å². The summed E-state index contributed by atoms with van der Waals surface area (Å²) < 4.78 is 7.75. The molecule has 4 nitrogen and oxygen atoms in total. The van der Waals surface area contributed by atoms with Gasteiger partial charge in [-0.15, -0.1) is 5.10 Å². The van der Waals surface area contributed by atoms with Crippen LogP contribution in [0.2, 0.25) is 5.15 Å². The van der Waals surface area contributed by atoms with Gasteiger partial charge in [0.05, 0.1) is 23.7 Å². The summed E-state index contributed by atoms with van der Waals surface area (Å²) in [5, 5.41) is 6.28. The molecule has 0 fully saturated rings. The molecule has 5 rings (SSSR count). The van der Waals surface area contributed by atoms with Crippen molar-refractivity contribution in [2.75, 3.05) is 7.11 Å². The summed E-state index contributed by atoms with van der Waals surface area (Å²) in [6.45, 7) is 1.93. The van der Waals surface area contributed by atoms with Gasteiger partial charge in [0.15, 0.2) is 0 Å². The van der Waals surface area contributed by atoms with E-state index in [9.17, 15) is 0 Å². The summed E-state index contributed by atoms with van der Waals surface area (Å²) in [5.74, 6) is 0.522. The van der Waals surface area contributed by atoms with Crippen molar-refractivity contribution >= 4 is 22.5 Å². The average molecular weight is 440 g/mol. The van der Waals surface area contributed by atoms with Gasteiger partial charge in [0.2, 0.25) is 5.88 Å². The number of rotatable bonds is 5. The van der Waals surface area contributed by atoms with Gasteiger partial charge in [-0.05, 0) is 23.6 Å². The third-order valence-corrected chi connectivity index (χ3v) is 6.06. The van der Waals surface area contributed by atoms with Crippen LogP contribution < -0.4 is 4.74 Å². The third-order valence-electron chi connectivity index (χ3n) is 5.87. The van der Waals surface area contributed by atoms with Crippen LogP contribution >= 0.6 is 11.6 Å². The average Bonchev–Trinajstić information content (AvgIpc) is 3.21. The lowest BCUT2D eigenvalue weighted by atomic mass is 9.77. The largest absolute Gasteiger partial charge is 0.479 e. The summed E-state index contributed by atoms with van der Waals surface area (Å²) >= 11 is 6.44. The molecule has 0 aliphatic rings. The topological polar surface area (TPSA) is 39.9 Å². The van der Waals surface area contributed by atoms with Crippen molar-refractivity contribution in [2.45, 2.75) is 12.5 Å².